The minimum atomic E-state index is -5.99. The summed E-state index contributed by atoms with van der Waals surface area (Å²) in [6.07, 6.45) is -0.708. The number of alkyl halides is 6. The molecule has 20 nitrogen and oxygen atoms in total. The first-order valence-electron chi connectivity index (χ1n) is 23.8. The van der Waals surface area contributed by atoms with Gasteiger partial charge in [-0.05, 0) is 55.2 Å². The lowest BCUT2D eigenvalue weighted by atomic mass is 10.1. The van der Waals surface area contributed by atoms with Crippen LogP contribution in [0.3, 0.4) is 0 Å². The zero-order chi connectivity index (χ0) is 58.1. The number of halogens is 6. The highest BCUT2D eigenvalue weighted by Crippen LogP contribution is 2.32. The van der Waals surface area contributed by atoms with E-state index in [9.17, 15) is 54.3 Å². The summed E-state index contributed by atoms with van der Waals surface area (Å²) in [5.74, 6) is -0.984. The van der Waals surface area contributed by atoms with E-state index in [1.165, 1.54) is 31.7 Å². The van der Waals surface area contributed by atoms with Crippen LogP contribution in [0.1, 0.15) is 44.9 Å². The number of nitrogens with one attached hydrogen (secondary N) is 1. The van der Waals surface area contributed by atoms with Gasteiger partial charge in [0.2, 0.25) is 0 Å². The fraction of sp³-hybridized carbons (Fsp3) is 0.167. The third kappa shape index (κ3) is 13.7. The topological polar surface area (TPSA) is 247 Å². The van der Waals surface area contributed by atoms with Gasteiger partial charge < -0.3 is 29.1 Å². The van der Waals surface area contributed by atoms with Gasteiger partial charge in [0.15, 0.2) is 22.7 Å². The van der Waals surface area contributed by atoms with Crippen molar-refractivity contribution in [3.05, 3.63) is 228 Å². The number of hydrogen-bond donors (Lipinski definition) is 2. The Balaban J connectivity index is 0.000000163. The summed E-state index contributed by atoms with van der Waals surface area (Å²) in [5, 5.41) is 13.7. The van der Waals surface area contributed by atoms with Gasteiger partial charge in [0.05, 0.1) is 50.6 Å². The molecule has 0 saturated carbocycles. The molecule has 0 amide bonds. The first-order chi connectivity index (χ1) is 38.6. The smallest absolute Gasteiger partial charge is 0.507 e. The first kappa shape index (κ1) is 57.3. The van der Waals surface area contributed by atoms with Gasteiger partial charge >= 0.3 is 21.8 Å². The lowest BCUT2D eigenvalue weighted by Crippen LogP contribution is -2.31. The molecule has 6 heterocycles. The molecule has 10 aromatic rings. The Bertz CT molecular complexity index is 4180. The fourth-order valence-corrected chi connectivity index (χ4v) is 8.21. The summed E-state index contributed by atoms with van der Waals surface area (Å²) in [4.78, 5) is 77.9. The fourth-order valence-electron chi connectivity index (χ4n) is 7.75. The Kier molecular flexibility index (Phi) is 17.2. The molecule has 0 fully saturated rings. The van der Waals surface area contributed by atoms with E-state index in [1.807, 2.05) is 60.7 Å². The van der Waals surface area contributed by atoms with E-state index in [2.05, 4.69) is 39.4 Å². The number of hydrogen-bond acceptors (Lipinski definition) is 17. The highest BCUT2D eigenvalue weighted by atomic mass is 32.2. The molecule has 0 atom stereocenters. The molecule has 0 aliphatic heterocycles. The Hall–Kier alpha value is -9.92. The van der Waals surface area contributed by atoms with E-state index >= 15 is 0 Å². The summed E-state index contributed by atoms with van der Waals surface area (Å²) < 4.78 is 107. The first-order valence-corrected chi connectivity index (χ1v) is 25.2. The van der Waals surface area contributed by atoms with Gasteiger partial charge in [0, 0.05) is 18.7 Å². The van der Waals surface area contributed by atoms with Crippen molar-refractivity contribution in [1.29, 1.82) is 0 Å². The molecule has 4 aromatic carbocycles. The second-order valence-corrected chi connectivity index (χ2v) is 18.8. The Morgan fingerprint density at radius 1 is 0.506 bits per heavy atom. The van der Waals surface area contributed by atoms with Crippen LogP contribution in [0.2, 0.25) is 0 Å². The molecule has 0 aliphatic carbocycles. The molecular weight excluding hydrogens is 1090 g/mol. The maximum atomic E-state index is 13.0. The highest BCUT2D eigenvalue weighted by Gasteiger charge is 2.49. The molecule has 10 rings (SSSR count). The van der Waals surface area contributed by atoms with Gasteiger partial charge in [0.1, 0.15) is 44.6 Å². The van der Waals surface area contributed by atoms with Gasteiger partial charge in [-0.25, -0.2) is 29.9 Å². The standard InChI is InChI=1S/C23H19F3N4O2.C16H12F3N3O5S.C15H13N3O3/c1-15-21-19(27-12-17-8-5-9-18(10-17)23(24,25)26)11-20(31)30(22(21)29-14-28-15)32-13-16-6-3-2-4-7-16;1-10-14-12(27-28(24,25)16(17,18)19)7-13(23)22(15(14)21-9-20-10)26-8-11-5-3-2-4-6-11;1-10-14-12(19)7-13(20)18(15(14)17-9-16-10)21-8-11-5-3-2-4-6-11/h2-11,14,27H,12-13H2,1H3;2-7,9H,8H2,1H3;2-7,9,19H,8H2,1H3. The van der Waals surface area contributed by atoms with E-state index in [1.54, 1.807) is 50.2 Å². The Labute approximate surface area is 454 Å². The van der Waals surface area contributed by atoms with E-state index in [0.29, 0.717) is 45.0 Å². The number of nitrogens with zero attached hydrogens (tertiary/aromatic N) is 9. The summed E-state index contributed by atoms with van der Waals surface area (Å²) in [5.41, 5.74) is -3.38. The molecule has 27 heteroatoms. The summed E-state index contributed by atoms with van der Waals surface area (Å²) in [6, 6.07) is 35.6. The summed E-state index contributed by atoms with van der Waals surface area (Å²) in [7, 11) is -5.99. The maximum absolute atomic E-state index is 13.0. The van der Waals surface area contributed by atoms with Gasteiger partial charge in [0.25, 0.3) is 16.7 Å². The van der Waals surface area contributed by atoms with Crippen LogP contribution in [-0.2, 0) is 42.7 Å². The number of fused-ring (bicyclic) bond motifs is 3. The van der Waals surface area contributed by atoms with Crippen LogP contribution < -0.4 is 40.7 Å². The minimum Gasteiger partial charge on any atom is -0.507 e. The lowest BCUT2D eigenvalue weighted by Gasteiger charge is -2.16. The molecule has 2 N–H and O–H groups in total. The number of benzene rings is 4. The third-order valence-electron chi connectivity index (χ3n) is 11.6. The molecule has 0 aliphatic rings. The molecule has 0 bridgehead atoms. The van der Waals surface area contributed by atoms with Gasteiger partial charge in [-0.1, -0.05) is 103 Å². The van der Waals surface area contributed by atoms with Crippen LogP contribution in [0.4, 0.5) is 32.0 Å². The molecule has 81 heavy (non-hydrogen) atoms. The summed E-state index contributed by atoms with van der Waals surface area (Å²) in [6.45, 7) is 5.31. The molecule has 0 saturated heterocycles. The molecule has 0 unspecified atom stereocenters. The molecular formula is C54H44F6N10O10S. The predicted molar refractivity (Wildman–Crippen MR) is 282 cm³/mol. The quantitative estimate of drug-likeness (QED) is 0.0600. The zero-order valence-electron chi connectivity index (χ0n) is 42.6. The van der Waals surface area contributed by atoms with E-state index < -0.39 is 49.8 Å². The number of rotatable bonds is 14. The largest absolute Gasteiger partial charge is 0.534 e. The average Bonchev–Trinajstić information content (AvgIpc) is 3.61. The van der Waals surface area contributed by atoms with Crippen molar-refractivity contribution in [3.63, 3.8) is 0 Å². The van der Waals surface area contributed by atoms with Gasteiger partial charge in [-0.3, -0.25) is 14.4 Å². The molecule has 0 radical (unpaired) electrons. The second-order valence-electron chi connectivity index (χ2n) is 17.3. The van der Waals surface area contributed by atoms with Gasteiger partial charge in [-0.2, -0.15) is 34.8 Å². The second kappa shape index (κ2) is 24.4. The lowest BCUT2D eigenvalue weighted by molar-refractivity contribution is -0.137. The van der Waals surface area contributed by atoms with Gasteiger partial charge in [-0.15, -0.1) is 14.2 Å². The normalized spacial score (nSPS) is 11.5. The highest BCUT2D eigenvalue weighted by molar-refractivity contribution is 7.88. The van der Waals surface area contributed by atoms with Crippen molar-refractivity contribution >= 4 is 48.9 Å². The molecule has 6 aromatic heterocycles. The van der Waals surface area contributed by atoms with Crippen molar-refractivity contribution in [3.8, 4) is 11.5 Å². The average molecular weight is 1140 g/mol. The van der Waals surface area contributed by atoms with Crippen LogP contribution in [-0.4, -0.2) is 63.1 Å². The number of aryl methyl sites for hydroxylation is 3. The van der Waals surface area contributed by atoms with Crippen molar-refractivity contribution in [2.24, 2.45) is 0 Å². The zero-order valence-corrected chi connectivity index (χ0v) is 43.4. The summed E-state index contributed by atoms with van der Waals surface area (Å²) >= 11 is 0. The van der Waals surface area contributed by atoms with Crippen LogP contribution in [0, 0.1) is 20.8 Å². The van der Waals surface area contributed by atoms with Crippen molar-refractivity contribution in [2.45, 2.75) is 58.8 Å². The number of pyridine rings is 3. The van der Waals surface area contributed by atoms with Crippen LogP contribution in [0.15, 0.2) is 167 Å². The SMILES string of the molecule is Cc1ncnc2c1c(NCc1cccc(C(F)(F)F)c1)cc(=O)n2OCc1ccccc1.Cc1ncnc2c1c(O)cc(=O)n2OCc1ccccc1.Cc1ncnc2c1c(OS(=O)(=O)C(F)(F)F)cc(=O)n2OCc1ccccc1. The van der Waals surface area contributed by atoms with Crippen molar-refractivity contribution < 1.29 is 58.6 Å². The van der Waals surface area contributed by atoms with E-state index in [0.717, 1.165) is 49.8 Å². The number of anilines is 1. The number of aromatic hydroxyl groups is 1. The Morgan fingerprint density at radius 2 is 0.914 bits per heavy atom. The maximum Gasteiger partial charge on any atom is 0.534 e. The van der Waals surface area contributed by atoms with Crippen molar-refractivity contribution in [2.75, 3.05) is 5.32 Å². The van der Waals surface area contributed by atoms with Crippen LogP contribution >= 0.6 is 0 Å². The molecule has 418 valence electrons. The Morgan fingerprint density at radius 3 is 1.38 bits per heavy atom. The van der Waals surface area contributed by atoms with Crippen molar-refractivity contribution in [1.82, 2.24) is 44.1 Å². The molecule has 0 spiro atoms. The monoisotopic (exact) mass is 1140 g/mol. The van der Waals surface area contributed by atoms with E-state index in [-0.39, 0.29) is 60.1 Å². The van der Waals surface area contributed by atoms with Crippen LogP contribution in [0.5, 0.6) is 11.5 Å². The van der Waals surface area contributed by atoms with Crippen LogP contribution in [0.25, 0.3) is 33.1 Å². The predicted octanol–water partition coefficient (Wildman–Crippen LogP) is 7.75. The number of aromatic nitrogens is 9. The third-order valence-corrected chi connectivity index (χ3v) is 12.6. The minimum absolute atomic E-state index is 0.0417. The van der Waals surface area contributed by atoms with E-state index in [4.69, 9.17) is 14.5 Å².